The normalized spacial score (nSPS) is 19.5. The van der Waals surface area contributed by atoms with Crippen LogP contribution in [0.1, 0.15) is 53.6 Å². The summed E-state index contributed by atoms with van der Waals surface area (Å²) in [5.41, 5.74) is 2.75. The third kappa shape index (κ3) is 6.30. The Kier molecular flexibility index (Phi) is 8.19. The van der Waals surface area contributed by atoms with Crippen molar-refractivity contribution in [2.75, 3.05) is 13.7 Å². The fraction of sp³-hybridized carbons (Fsp3) is 0.333. The summed E-state index contributed by atoms with van der Waals surface area (Å²) in [6, 6.07) is 27.7. The van der Waals surface area contributed by atoms with Crippen molar-refractivity contribution in [3.05, 3.63) is 102 Å². The highest BCUT2D eigenvalue weighted by Crippen LogP contribution is 2.42. The summed E-state index contributed by atoms with van der Waals surface area (Å²) in [6.07, 6.45) is 4.32. The van der Waals surface area contributed by atoms with Gasteiger partial charge in [-0.3, -0.25) is 9.59 Å². The molecule has 0 bridgehead atoms. The van der Waals surface area contributed by atoms with Crippen molar-refractivity contribution in [2.45, 2.75) is 44.1 Å². The maximum atomic E-state index is 13.0. The predicted molar refractivity (Wildman–Crippen MR) is 138 cm³/mol. The molecule has 0 spiro atoms. The van der Waals surface area contributed by atoms with Gasteiger partial charge < -0.3 is 15.4 Å². The summed E-state index contributed by atoms with van der Waals surface area (Å²) >= 11 is 0. The lowest BCUT2D eigenvalue weighted by molar-refractivity contribution is -0.122. The molecule has 2 amide bonds. The van der Waals surface area contributed by atoms with Crippen molar-refractivity contribution in [1.82, 2.24) is 10.6 Å². The molecule has 1 aliphatic rings. The molecule has 1 saturated carbocycles. The van der Waals surface area contributed by atoms with Crippen LogP contribution >= 0.6 is 0 Å². The SMILES string of the molecule is COc1ccccc1C(=O)NCC1(c2ccccc2)CCC(CC(=O)NCc2ccccc2)CC1. The highest BCUT2D eigenvalue weighted by Gasteiger charge is 2.37. The molecular weight excluding hydrogens is 436 g/mol. The van der Waals surface area contributed by atoms with E-state index in [1.165, 1.54) is 5.56 Å². The molecule has 0 saturated heterocycles. The van der Waals surface area contributed by atoms with Crippen LogP contribution in [0.2, 0.25) is 0 Å². The van der Waals surface area contributed by atoms with Gasteiger partial charge in [0, 0.05) is 24.9 Å². The van der Waals surface area contributed by atoms with Gasteiger partial charge in [-0.25, -0.2) is 0 Å². The number of carbonyl (C=O) groups excluding carboxylic acids is 2. The maximum absolute atomic E-state index is 13.0. The zero-order valence-corrected chi connectivity index (χ0v) is 20.3. The van der Waals surface area contributed by atoms with Gasteiger partial charge in [0.05, 0.1) is 12.7 Å². The average molecular weight is 471 g/mol. The van der Waals surface area contributed by atoms with Crippen LogP contribution in [-0.2, 0) is 16.8 Å². The molecule has 4 rings (SSSR count). The lowest BCUT2D eigenvalue weighted by Crippen LogP contribution is -2.43. The largest absolute Gasteiger partial charge is 0.496 e. The van der Waals surface area contributed by atoms with Gasteiger partial charge in [0.25, 0.3) is 5.91 Å². The smallest absolute Gasteiger partial charge is 0.255 e. The fourth-order valence-electron chi connectivity index (χ4n) is 5.10. The van der Waals surface area contributed by atoms with Crippen LogP contribution < -0.4 is 15.4 Å². The summed E-state index contributed by atoms with van der Waals surface area (Å²) in [6.45, 7) is 1.12. The second kappa shape index (κ2) is 11.7. The van der Waals surface area contributed by atoms with Gasteiger partial charge in [-0.2, -0.15) is 0 Å². The second-order valence-electron chi connectivity index (χ2n) is 9.44. The number of methoxy groups -OCH3 is 1. The molecule has 0 aromatic heterocycles. The monoisotopic (exact) mass is 470 g/mol. The van der Waals surface area contributed by atoms with E-state index in [1.807, 2.05) is 48.5 Å². The summed E-state index contributed by atoms with van der Waals surface area (Å²) < 4.78 is 5.37. The van der Waals surface area contributed by atoms with Crippen LogP contribution in [0.15, 0.2) is 84.9 Å². The van der Waals surface area contributed by atoms with Crippen molar-refractivity contribution in [1.29, 1.82) is 0 Å². The predicted octanol–water partition coefficient (Wildman–Crippen LogP) is 5.26. The van der Waals surface area contributed by atoms with Gasteiger partial charge >= 0.3 is 0 Å². The first-order valence-corrected chi connectivity index (χ1v) is 12.4. The quantitative estimate of drug-likeness (QED) is 0.448. The Hall–Kier alpha value is -3.60. The Morgan fingerprint density at radius 1 is 0.857 bits per heavy atom. The van der Waals surface area contributed by atoms with Gasteiger partial charge in [-0.15, -0.1) is 0 Å². The highest BCUT2D eigenvalue weighted by atomic mass is 16.5. The van der Waals surface area contributed by atoms with E-state index in [0.717, 1.165) is 31.2 Å². The van der Waals surface area contributed by atoms with E-state index in [9.17, 15) is 9.59 Å². The molecule has 5 nitrogen and oxygen atoms in total. The number of hydrogen-bond donors (Lipinski definition) is 2. The van der Waals surface area contributed by atoms with E-state index >= 15 is 0 Å². The number of ether oxygens (including phenoxy) is 1. The van der Waals surface area contributed by atoms with Gasteiger partial charge in [0.15, 0.2) is 0 Å². The van der Waals surface area contributed by atoms with Gasteiger partial charge in [0.1, 0.15) is 5.75 Å². The lowest BCUT2D eigenvalue weighted by atomic mass is 9.66. The molecule has 0 atom stereocenters. The minimum atomic E-state index is -0.143. The molecular formula is C30H34N2O3. The number of benzene rings is 3. The number of para-hydroxylation sites is 1. The molecule has 0 unspecified atom stereocenters. The van der Waals surface area contributed by atoms with Crippen molar-refractivity contribution in [3.63, 3.8) is 0 Å². The first-order valence-electron chi connectivity index (χ1n) is 12.4. The first-order chi connectivity index (χ1) is 17.1. The Morgan fingerprint density at radius 2 is 1.49 bits per heavy atom. The van der Waals surface area contributed by atoms with Gasteiger partial charge in [-0.1, -0.05) is 72.8 Å². The zero-order chi connectivity index (χ0) is 24.5. The number of rotatable bonds is 9. The molecule has 0 radical (unpaired) electrons. The number of amides is 2. The molecule has 1 fully saturated rings. The Bertz CT molecular complexity index is 1110. The molecule has 3 aromatic carbocycles. The fourth-order valence-corrected chi connectivity index (χ4v) is 5.10. The van der Waals surface area contributed by atoms with E-state index in [2.05, 4.69) is 34.9 Å². The van der Waals surface area contributed by atoms with Crippen LogP contribution in [0.5, 0.6) is 5.75 Å². The molecule has 0 heterocycles. The van der Waals surface area contributed by atoms with Crippen LogP contribution in [0.3, 0.4) is 0 Å². The second-order valence-corrected chi connectivity index (χ2v) is 9.44. The minimum absolute atomic E-state index is 0.107. The molecule has 182 valence electrons. The summed E-state index contributed by atoms with van der Waals surface area (Å²) in [5, 5.41) is 6.24. The van der Waals surface area contributed by atoms with E-state index in [-0.39, 0.29) is 17.2 Å². The lowest BCUT2D eigenvalue weighted by Gasteiger charge is -2.41. The summed E-state index contributed by atoms with van der Waals surface area (Å²) in [7, 11) is 1.58. The molecule has 3 aromatic rings. The van der Waals surface area contributed by atoms with E-state index in [0.29, 0.717) is 36.7 Å². The first kappa shape index (κ1) is 24.5. The summed E-state index contributed by atoms with van der Waals surface area (Å²) in [5.74, 6) is 0.909. The number of carbonyl (C=O) groups is 2. The van der Waals surface area contributed by atoms with Crippen molar-refractivity contribution in [3.8, 4) is 5.75 Å². The van der Waals surface area contributed by atoms with Crippen molar-refractivity contribution < 1.29 is 14.3 Å². The standard InChI is InChI=1S/C30H34N2O3/c1-35-27-15-9-8-14-26(27)29(34)32-22-30(25-12-6-3-7-13-25)18-16-23(17-19-30)20-28(33)31-21-24-10-4-2-5-11-24/h2-15,23H,16-22H2,1H3,(H,31,33)(H,32,34). The van der Waals surface area contributed by atoms with E-state index < -0.39 is 0 Å². The summed E-state index contributed by atoms with van der Waals surface area (Å²) in [4.78, 5) is 25.6. The highest BCUT2D eigenvalue weighted by molar-refractivity contribution is 5.97. The molecule has 1 aliphatic carbocycles. The Balaban J connectivity index is 1.37. The average Bonchev–Trinajstić information content (AvgIpc) is 2.92. The number of hydrogen-bond acceptors (Lipinski definition) is 3. The third-order valence-electron chi connectivity index (χ3n) is 7.19. The van der Waals surface area contributed by atoms with Crippen LogP contribution in [0.25, 0.3) is 0 Å². The zero-order valence-electron chi connectivity index (χ0n) is 20.3. The number of nitrogens with one attached hydrogen (secondary N) is 2. The van der Waals surface area contributed by atoms with Crippen LogP contribution in [0, 0.1) is 5.92 Å². The molecule has 35 heavy (non-hydrogen) atoms. The topological polar surface area (TPSA) is 67.4 Å². The minimum Gasteiger partial charge on any atom is -0.496 e. The van der Waals surface area contributed by atoms with Crippen LogP contribution in [0.4, 0.5) is 0 Å². The van der Waals surface area contributed by atoms with Crippen molar-refractivity contribution in [2.24, 2.45) is 5.92 Å². The van der Waals surface area contributed by atoms with Gasteiger partial charge in [0.2, 0.25) is 5.91 Å². The van der Waals surface area contributed by atoms with Crippen molar-refractivity contribution >= 4 is 11.8 Å². The Labute approximate surface area is 207 Å². The van der Waals surface area contributed by atoms with Gasteiger partial charge in [-0.05, 0) is 54.9 Å². The molecule has 2 N–H and O–H groups in total. The third-order valence-corrected chi connectivity index (χ3v) is 7.19. The molecule has 0 aliphatic heterocycles. The molecule has 5 heteroatoms. The van der Waals surface area contributed by atoms with Crippen LogP contribution in [-0.4, -0.2) is 25.5 Å². The van der Waals surface area contributed by atoms with E-state index in [1.54, 1.807) is 19.2 Å². The Morgan fingerprint density at radius 3 is 2.17 bits per heavy atom. The maximum Gasteiger partial charge on any atom is 0.255 e. The van der Waals surface area contributed by atoms with E-state index in [4.69, 9.17) is 4.74 Å².